The molecule has 0 aromatic heterocycles. The van der Waals surface area contributed by atoms with E-state index >= 15 is 0 Å². The molecule has 1 atom stereocenters. The molecular weight excluding hydrogens is 621 g/mol. The van der Waals surface area contributed by atoms with Crippen LogP contribution in [-0.4, -0.2) is 64.1 Å². The number of benzene rings is 3. The summed E-state index contributed by atoms with van der Waals surface area (Å²) in [5.41, 5.74) is 3.33. The molecule has 1 fully saturated rings. The van der Waals surface area contributed by atoms with Crippen LogP contribution in [0.25, 0.3) is 11.1 Å². The van der Waals surface area contributed by atoms with Crippen LogP contribution in [0.4, 0.5) is 24.5 Å². The number of anilines is 2. The normalized spacial score (nSPS) is 16.8. The van der Waals surface area contributed by atoms with Crippen LogP contribution in [0.3, 0.4) is 0 Å². The lowest BCUT2D eigenvalue weighted by molar-refractivity contribution is -0.142. The van der Waals surface area contributed by atoms with E-state index < -0.39 is 54.9 Å². The molecule has 1 amide bonds. The molecule has 1 aliphatic heterocycles. The standard InChI is InChI=1S/C29H33F3N4O6S2/c1-34-44(41,42)24-9-6-20(7-10-24)21-5-3-4-19(16-21)18-28(38,22-12-14-36(15-13-22)43(2,39)40)27(37)35-23-8-11-26(33)25(17-23)29(30,31)32/h3-11,16-17,22,34,38H,12-15,18,33H2,1-2H3,(H,35,37). The van der Waals surface area contributed by atoms with Gasteiger partial charge in [-0.15, -0.1) is 0 Å². The first kappa shape index (κ1) is 33.4. The lowest BCUT2D eigenvalue weighted by Gasteiger charge is -2.40. The fourth-order valence-corrected chi connectivity index (χ4v) is 6.91. The number of aliphatic hydroxyl groups is 1. The van der Waals surface area contributed by atoms with Crippen LogP contribution in [-0.2, 0) is 37.4 Å². The highest BCUT2D eigenvalue weighted by Crippen LogP contribution is 2.37. The molecule has 1 unspecified atom stereocenters. The van der Waals surface area contributed by atoms with Crippen LogP contribution in [0, 0.1) is 5.92 Å². The van der Waals surface area contributed by atoms with E-state index in [1.54, 1.807) is 36.4 Å². The maximum atomic E-state index is 13.7. The number of piperidine rings is 1. The van der Waals surface area contributed by atoms with Crippen molar-refractivity contribution in [1.29, 1.82) is 0 Å². The summed E-state index contributed by atoms with van der Waals surface area (Å²) in [6.45, 7) is 0.113. The fourth-order valence-electron chi connectivity index (χ4n) is 5.31. The number of alkyl halides is 3. The van der Waals surface area contributed by atoms with Gasteiger partial charge in [0.1, 0.15) is 5.60 Å². The summed E-state index contributed by atoms with van der Waals surface area (Å²) in [4.78, 5) is 13.8. The lowest BCUT2D eigenvalue weighted by Crippen LogP contribution is -2.54. The van der Waals surface area contributed by atoms with Gasteiger partial charge in [-0.3, -0.25) is 4.79 Å². The number of hydrogen-bond donors (Lipinski definition) is 4. The molecule has 1 aliphatic rings. The number of carbonyl (C=O) groups is 1. The van der Waals surface area contributed by atoms with E-state index in [1.807, 2.05) is 0 Å². The average Bonchev–Trinajstić information content (AvgIpc) is 2.97. The van der Waals surface area contributed by atoms with E-state index in [-0.39, 0.29) is 42.9 Å². The highest BCUT2D eigenvalue weighted by Gasteiger charge is 2.46. The van der Waals surface area contributed by atoms with Gasteiger partial charge in [0, 0.05) is 30.9 Å². The number of nitrogens with one attached hydrogen (secondary N) is 2. The number of amides is 1. The number of rotatable bonds is 9. The molecule has 0 radical (unpaired) electrons. The van der Waals surface area contributed by atoms with Crippen molar-refractivity contribution in [1.82, 2.24) is 9.03 Å². The maximum Gasteiger partial charge on any atom is 0.418 e. The van der Waals surface area contributed by atoms with Gasteiger partial charge in [0.2, 0.25) is 20.0 Å². The maximum absolute atomic E-state index is 13.7. The van der Waals surface area contributed by atoms with E-state index in [0.717, 1.165) is 12.3 Å². The first-order valence-corrected chi connectivity index (χ1v) is 16.9. The summed E-state index contributed by atoms with van der Waals surface area (Å²) in [5, 5.41) is 14.4. The number of hydrogen-bond acceptors (Lipinski definition) is 7. The lowest BCUT2D eigenvalue weighted by atomic mass is 9.76. The van der Waals surface area contributed by atoms with E-state index in [1.165, 1.54) is 29.6 Å². The quantitative estimate of drug-likeness (QED) is 0.257. The predicted octanol–water partition coefficient (Wildman–Crippen LogP) is 3.45. The zero-order chi connectivity index (χ0) is 32.5. The van der Waals surface area contributed by atoms with Gasteiger partial charge in [-0.05, 0) is 72.8 Å². The van der Waals surface area contributed by atoms with Crippen molar-refractivity contribution >= 4 is 37.3 Å². The number of nitrogens with two attached hydrogens (primary N) is 1. The minimum Gasteiger partial charge on any atom is -0.398 e. The zero-order valence-corrected chi connectivity index (χ0v) is 25.6. The Bertz CT molecular complexity index is 1740. The summed E-state index contributed by atoms with van der Waals surface area (Å²) >= 11 is 0. The summed E-state index contributed by atoms with van der Waals surface area (Å²) in [6.07, 6.45) is -3.67. The Kier molecular flexibility index (Phi) is 9.47. The molecule has 10 nitrogen and oxygen atoms in total. The van der Waals surface area contributed by atoms with Crippen molar-refractivity contribution in [2.24, 2.45) is 5.92 Å². The van der Waals surface area contributed by atoms with Crippen LogP contribution in [0.1, 0.15) is 24.0 Å². The Morgan fingerprint density at radius 1 is 0.977 bits per heavy atom. The largest absolute Gasteiger partial charge is 0.418 e. The molecule has 238 valence electrons. The van der Waals surface area contributed by atoms with Crippen molar-refractivity contribution in [3.8, 4) is 11.1 Å². The Balaban J connectivity index is 1.66. The monoisotopic (exact) mass is 654 g/mol. The van der Waals surface area contributed by atoms with E-state index in [9.17, 15) is 39.9 Å². The van der Waals surface area contributed by atoms with Crippen LogP contribution < -0.4 is 15.8 Å². The van der Waals surface area contributed by atoms with Gasteiger partial charge in [-0.25, -0.2) is 25.9 Å². The summed E-state index contributed by atoms with van der Waals surface area (Å²) in [5.74, 6) is -1.67. The van der Waals surface area contributed by atoms with Gasteiger partial charge in [0.25, 0.3) is 5.91 Å². The molecule has 3 aromatic rings. The SMILES string of the molecule is CNS(=O)(=O)c1ccc(-c2cccc(CC(O)(C(=O)Nc3ccc(N)c(C(F)(F)F)c3)C3CCN(S(C)(=O)=O)CC3)c2)cc1. The van der Waals surface area contributed by atoms with Crippen molar-refractivity contribution in [3.63, 3.8) is 0 Å². The van der Waals surface area contributed by atoms with E-state index in [4.69, 9.17) is 5.73 Å². The highest BCUT2D eigenvalue weighted by molar-refractivity contribution is 7.89. The van der Waals surface area contributed by atoms with E-state index in [2.05, 4.69) is 10.0 Å². The third-order valence-corrected chi connectivity index (χ3v) is 10.5. The van der Waals surface area contributed by atoms with Gasteiger partial charge < -0.3 is 16.2 Å². The third-order valence-electron chi connectivity index (χ3n) is 7.78. The minimum atomic E-state index is -4.77. The van der Waals surface area contributed by atoms with Gasteiger partial charge in [-0.2, -0.15) is 13.2 Å². The number of sulfonamides is 2. The third kappa shape index (κ3) is 7.41. The number of halogens is 3. The van der Waals surface area contributed by atoms with Crippen LogP contribution in [0.2, 0.25) is 0 Å². The predicted molar refractivity (Wildman–Crippen MR) is 160 cm³/mol. The Labute approximate surface area is 254 Å². The smallest absolute Gasteiger partial charge is 0.398 e. The average molecular weight is 655 g/mol. The number of nitrogen functional groups attached to an aromatic ring is 1. The molecule has 0 aliphatic carbocycles. The number of carbonyl (C=O) groups excluding carboxylic acids is 1. The van der Waals surface area contributed by atoms with Crippen molar-refractivity contribution < 1.29 is 39.9 Å². The van der Waals surface area contributed by atoms with Crippen molar-refractivity contribution in [3.05, 3.63) is 77.9 Å². The van der Waals surface area contributed by atoms with E-state index in [0.29, 0.717) is 22.8 Å². The second kappa shape index (κ2) is 12.5. The Hall–Kier alpha value is -3.50. The Morgan fingerprint density at radius 2 is 1.61 bits per heavy atom. The second-order valence-electron chi connectivity index (χ2n) is 10.7. The molecule has 0 spiro atoms. The molecular formula is C29H33F3N4O6S2. The zero-order valence-electron chi connectivity index (χ0n) is 23.9. The van der Waals surface area contributed by atoms with Gasteiger partial charge >= 0.3 is 6.18 Å². The molecule has 4 rings (SSSR count). The van der Waals surface area contributed by atoms with Crippen LogP contribution in [0.5, 0.6) is 0 Å². The first-order valence-electron chi connectivity index (χ1n) is 13.5. The fraction of sp³-hybridized carbons (Fsp3) is 0.345. The van der Waals surface area contributed by atoms with Crippen molar-refractivity contribution in [2.75, 3.05) is 37.4 Å². The first-order chi connectivity index (χ1) is 20.4. The molecule has 15 heteroatoms. The molecule has 5 N–H and O–H groups in total. The molecule has 1 saturated heterocycles. The van der Waals surface area contributed by atoms with Gasteiger partial charge in [-0.1, -0.05) is 36.4 Å². The number of nitrogens with zero attached hydrogens (tertiary/aromatic N) is 1. The second-order valence-corrected chi connectivity index (χ2v) is 14.6. The summed E-state index contributed by atoms with van der Waals surface area (Å²) in [7, 11) is -5.84. The van der Waals surface area contributed by atoms with Crippen LogP contribution >= 0.6 is 0 Å². The van der Waals surface area contributed by atoms with Gasteiger partial charge in [0.05, 0.1) is 16.7 Å². The Morgan fingerprint density at radius 3 is 2.18 bits per heavy atom. The molecule has 0 bridgehead atoms. The molecule has 3 aromatic carbocycles. The topological polar surface area (TPSA) is 159 Å². The van der Waals surface area contributed by atoms with Crippen molar-refractivity contribution in [2.45, 2.75) is 35.9 Å². The molecule has 1 heterocycles. The summed E-state index contributed by atoms with van der Waals surface area (Å²) in [6, 6.07) is 15.9. The highest BCUT2D eigenvalue weighted by atomic mass is 32.2. The van der Waals surface area contributed by atoms with Crippen LogP contribution in [0.15, 0.2) is 71.6 Å². The minimum absolute atomic E-state index is 0.0566. The van der Waals surface area contributed by atoms with Gasteiger partial charge in [0.15, 0.2) is 0 Å². The molecule has 44 heavy (non-hydrogen) atoms. The molecule has 0 saturated carbocycles. The summed E-state index contributed by atoms with van der Waals surface area (Å²) < 4.78 is 92.2.